The summed E-state index contributed by atoms with van der Waals surface area (Å²) < 4.78 is 5.39. The fourth-order valence-corrected chi connectivity index (χ4v) is 2.44. The second-order valence-electron chi connectivity index (χ2n) is 5.01. The third-order valence-electron chi connectivity index (χ3n) is 3.57. The van der Waals surface area contributed by atoms with Crippen molar-refractivity contribution in [2.45, 2.75) is 12.7 Å². The van der Waals surface area contributed by atoms with Gasteiger partial charge < -0.3 is 25.3 Å². The molecule has 8 nitrogen and oxygen atoms in total. The molecule has 0 saturated carbocycles. The Labute approximate surface area is 110 Å². The minimum atomic E-state index is -0.831. The van der Waals surface area contributed by atoms with Gasteiger partial charge in [-0.25, -0.2) is 4.99 Å². The number of H-pyrrole nitrogens is 1. The molecular weight excluding hydrogens is 246 g/mol. The Hall–Kier alpha value is -1.80. The van der Waals surface area contributed by atoms with E-state index in [0.717, 1.165) is 24.3 Å². The first kappa shape index (κ1) is 12.2. The van der Waals surface area contributed by atoms with Crippen LogP contribution in [0.4, 0.5) is 5.95 Å². The van der Waals surface area contributed by atoms with Crippen LogP contribution < -0.4 is 22.3 Å². The summed E-state index contributed by atoms with van der Waals surface area (Å²) in [6.45, 7) is 4.88. The molecular formula is C11H19N7O. The van der Waals surface area contributed by atoms with Gasteiger partial charge in [0.1, 0.15) is 11.2 Å². The van der Waals surface area contributed by atoms with Gasteiger partial charge in [-0.2, -0.15) is 4.98 Å². The van der Waals surface area contributed by atoms with E-state index in [0.29, 0.717) is 24.6 Å². The number of rotatable bonds is 1. The summed E-state index contributed by atoms with van der Waals surface area (Å²) in [7, 11) is 1.92. The second-order valence-corrected chi connectivity index (χ2v) is 5.01. The highest BCUT2D eigenvalue weighted by atomic mass is 16.5. The molecule has 1 aromatic rings. The molecule has 1 atom stereocenters. The summed E-state index contributed by atoms with van der Waals surface area (Å²) in [5, 5.41) is 0.824. The molecule has 0 bridgehead atoms. The number of nitrogens with two attached hydrogens (primary N) is 2. The molecule has 1 unspecified atom stereocenters. The predicted molar refractivity (Wildman–Crippen MR) is 69.9 cm³/mol. The average molecular weight is 265 g/mol. The standard InChI is InChI=1S/C11H19N7O/c1-11(13)16-8-7(14-10(12)15-8)9(17(11)2)18-3-5-19-6-4-18/h3-6,13H2,1-2H3,(H3,12,14,15,16). The van der Waals surface area contributed by atoms with Crippen LogP contribution >= 0.6 is 0 Å². The van der Waals surface area contributed by atoms with Crippen molar-refractivity contribution in [3.63, 3.8) is 0 Å². The van der Waals surface area contributed by atoms with Gasteiger partial charge in [0.25, 0.3) is 0 Å². The Morgan fingerprint density at radius 1 is 1.37 bits per heavy atom. The maximum atomic E-state index is 6.23. The van der Waals surface area contributed by atoms with Gasteiger partial charge in [-0.05, 0) is 6.92 Å². The molecule has 104 valence electrons. The molecule has 1 saturated heterocycles. The molecule has 1 fully saturated rings. The van der Waals surface area contributed by atoms with Gasteiger partial charge >= 0.3 is 0 Å². The van der Waals surface area contributed by atoms with Gasteiger partial charge in [0.15, 0.2) is 17.2 Å². The van der Waals surface area contributed by atoms with Gasteiger partial charge in [-0.15, -0.1) is 0 Å². The predicted octanol–water partition coefficient (Wildman–Crippen LogP) is -2.41. The minimum Gasteiger partial charge on any atom is -0.378 e. The monoisotopic (exact) mass is 265 g/mol. The second kappa shape index (κ2) is 4.10. The zero-order valence-electron chi connectivity index (χ0n) is 11.2. The smallest absolute Gasteiger partial charge is 0.200 e. The largest absolute Gasteiger partial charge is 0.378 e. The van der Waals surface area contributed by atoms with Crippen LogP contribution in [0.15, 0.2) is 4.99 Å². The van der Waals surface area contributed by atoms with Gasteiger partial charge in [0, 0.05) is 20.1 Å². The topological polar surface area (TPSA) is 109 Å². The number of anilines is 1. The van der Waals surface area contributed by atoms with Gasteiger partial charge in [0.2, 0.25) is 0 Å². The Morgan fingerprint density at radius 2 is 2.05 bits per heavy atom. The fourth-order valence-electron chi connectivity index (χ4n) is 2.44. The van der Waals surface area contributed by atoms with Crippen LogP contribution in [0.25, 0.3) is 5.82 Å². The third kappa shape index (κ3) is 1.92. The zero-order valence-corrected chi connectivity index (χ0v) is 11.2. The van der Waals surface area contributed by atoms with E-state index >= 15 is 0 Å². The maximum Gasteiger partial charge on any atom is 0.200 e. The lowest BCUT2D eigenvalue weighted by molar-refractivity contribution is 0.0472. The molecule has 3 heterocycles. The number of nitrogen functional groups attached to an aromatic ring is 1. The van der Waals surface area contributed by atoms with Crippen molar-refractivity contribution < 1.29 is 4.74 Å². The molecule has 0 radical (unpaired) electrons. The van der Waals surface area contributed by atoms with E-state index in [9.17, 15) is 0 Å². The molecule has 1 aromatic heterocycles. The van der Waals surface area contributed by atoms with Crippen molar-refractivity contribution in [3.05, 3.63) is 10.8 Å². The van der Waals surface area contributed by atoms with E-state index in [2.05, 4.69) is 19.9 Å². The van der Waals surface area contributed by atoms with Crippen LogP contribution in [0.3, 0.4) is 0 Å². The summed E-state index contributed by atoms with van der Waals surface area (Å²) in [5.74, 6) is 0.496. The summed E-state index contributed by atoms with van der Waals surface area (Å²) in [6.07, 6.45) is 0. The first-order valence-electron chi connectivity index (χ1n) is 6.30. The maximum absolute atomic E-state index is 6.23. The number of nitrogens with one attached hydrogen (secondary N) is 1. The van der Waals surface area contributed by atoms with Gasteiger partial charge in [-0.3, -0.25) is 5.73 Å². The van der Waals surface area contributed by atoms with Crippen LogP contribution in [-0.4, -0.2) is 58.9 Å². The molecule has 2 aliphatic heterocycles. The number of nitrogens with zero attached hydrogens (tertiary/aromatic N) is 4. The third-order valence-corrected chi connectivity index (χ3v) is 3.57. The van der Waals surface area contributed by atoms with Gasteiger partial charge in [0.05, 0.1) is 13.2 Å². The van der Waals surface area contributed by atoms with Crippen LogP contribution in [0.1, 0.15) is 6.92 Å². The van der Waals surface area contributed by atoms with E-state index in [-0.39, 0.29) is 0 Å². The van der Waals surface area contributed by atoms with E-state index in [1.165, 1.54) is 0 Å². The van der Waals surface area contributed by atoms with Crippen molar-refractivity contribution in [1.29, 1.82) is 0 Å². The number of aromatic amines is 1. The highest BCUT2D eigenvalue weighted by Gasteiger charge is 2.33. The number of hydrogen-bond acceptors (Lipinski definition) is 7. The molecule has 0 aromatic carbocycles. The van der Waals surface area contributed by atoms with E-state index in [1.807, 2.05) is 18.9 Å². The number of aromatic nitrogens is 2. The molecule has 3 rings (SSSR count). The lowest BCUT2D eigenvalue weighted by atomic mass is 10.3. The quantitative estimate of drug-likeness (QED) is 0.522. The molecule has 19 heavy (non-hydrogen) atoms. The lowest BCUT2D eigenvalue weighted by Crippen LogP contribution is -2.60. The molecule has 8 heteroatoms. The highest BCUT2D eigenvalue weighted by molar-refractivity contribution is 5.42. The summed E-state index contributed by atoms with van der Waals surface area (Å²) >= 11 is 0. The Bertz CT molecular complexity index is 599. The Morgan fingerprint density at radius 3 is 2.74 bits per heavy atom. The first-order chi connectivity index (χ1) is 8.99. The van der Waals surface area contributed by atoms with Crippen molar-refractivity contribution in [1.82, 2.24) is 19.8 Å². The Kier molecular flexibility index (Phi) is 2.64. The average Bonchev–Trinajstić information content (AvgIpc) is 2.70. The van der Waals surface area contributed by atoms with Crippen molar-refractivity contribution in [2.24, 2.45) is 10.7 Å². The molecule has 5 N–H and O–H groups in total. The molecule has 0 amide bonds. The Balaban J connectivity index is 2.20. The van der Waals surface area contributed by atoms with Crippen LogP contribution in [0, 0.1) is 0 Å². The van der Waals surface area contributed by atoms with Crippen LogP contribution in [0.5, 0.6) is 0 Å². The number of imidazole rings is 1. The lowest BCUT2D eigenvalue weighted by Gasteiger charge is -2.42. The number of fused-ring (bicyclic) bond motifs is 1. The van der Waals surface area contributed by atoms with E-state index in [1.54, 1.807) is 0 Å². The number of hydrogen-bond donors (Lipinski definition) is 3. The first-order valence-corrected chi connectivity index (χ1v) is 6.30. The van der Waals surface area contributed by atoms with Crippen molar-refractivity contribution in [3.8, 4) is 0 Å². The summed E-state index contributed by atoms with van der Waals surface area (Å²) in [5.41, 5.74) is 12.5. The van der Waals surface area contributed by atoms with Crippen LogP contribution in [0.2, 0.25) is 0 Å². The minimum absolute atomic E-state index is 0.352. The SMILES string of the molecule is CN1C(N2CCOCC2)=c2[nH]c(N)nc2=NC1(C)N. The normalized spacial score (nSPS) is 27.2. The fraction of sp³-hybridized carbons (Fsp3) is 0.636. The molecule has 0 aliphatic carbocycles. The van der Waals surface area contributed by atoms with Crippen LogP contribution in [-0.2, 0) is 4.74 Å². The van der Waals surface area contributed by atoms with Crippen molar-refractivity contribution >= 4 is 11.8 Å². The van der Waals surface area contributed by atoms with Gasteiger partial charge in [-0.1, -0.05) is 0 Å². The van der Waals surface area contributed by atoms with E-state index < -0.39 is 5.79 Å². The zero-order chi connectivity index (χ0) is 13.6. The molecule has 2 aliphatic rings. The number of ether oxygens (including phenoxy) is 1. The summed E-state index contributed by atoms with van der Waals surface area (Å²) in [4.78, 5) is 15.9. The highest BCUT2D eigenvalue weighted by Crippen LogP contribution is 2.20. The molecule has 0 spiro atoms. The van der Waals surface area contributed by atoms with Crippen molar-refractivity contribution in [2.75, 3.05) is 39.1 Å². The van der Waals surface area contributed by atoms with E-state index in [4.69, 9.17) is 16.2 Å². The summed E-state index contributed by atoms with van der Waals surface area (Å²) in [6, 6.07) is 0. The number of morpholine rings is 1.